The summed E-state index contributed by atoms with van der Waals surface area (Å²) in [6.07, 6.45) is 0. The van der Waals surface area contributed by atoms with E-state index in [4.69, 9.17) is 0 Å². The van der Waals surface area contributed by atoms with E-state index in [0.717, 1.165) is 19.6 Å². The molecule has 4 aromatic carbocycles. The van der Waals surface area contributed by atoms with Gasteiger partial charge in [-0.2, -0.15) is 0 Å². The molecule has 0 amide bonds. The fraction of sp³-hybridized carbons (Fsp3) is 0. The Hall–Kier alpha value is -2.29. The zero-order valence-corrected chi connectivity index (χ0v) is 23.1. The summed E-state index contributed by atoms with van der Waals surface area (Å²) in [7, 11) is -6.54. The lowest BCUT2D eigenvalue weighted by molar-refractivity contribution is 0.622. The molecule has 0 aliphatic heterocycles. The molecule has 2 unspecified atom stereocenters. The highest BCUT2D eigenvalue weighted by Crippen LogP contribution is 2.88. The Kier molecular flexibility index (Phi) is 8.24. The Morgan fingerprint density at radius 2 is 0.771 bits per heavy atom. The quantitative estimate of drug-likeness (QED) is 0.183. The summed E-state index contributed by atoms with van der Waals surface area (Å²) in [4.78, 5) is 3.24. The van der Waals surface area contributed by atoms with Gasteiger partial charge in [0.05, 0.1) is 0 Å². The molecule has 0 fully saturated rings. The lowest BCUT2D eigenvalue weighted by atomic mass is 10.4. The topological polar surface area (TPSA) is 34.1 Å². The molecular weight excluding hydrogens is 529 g/mol. The van der Waals surface area contributed by atoms with Crippen LogP contribution in [0, 0.1) is 0 Å². The van der Waals surface area contributed by atoms with Crippen molar-refractivity contribution < 1.29 is 8.42 Å². The first-order valence-electron chi connectivity index (χ1n) is 10.7. The predicted octanol–water partition coefficient (Wildman–Crippen LogP) is 9.66. The molecule has 0 N–H and O–H groups in total. The second-order valence-corrected chi connectivity index (χ2v) is 25.0. The highest BCUT2D eigenvalue weighted by Gasteiger charge is 2.51. The van der Waals surface area contributed by atoms with Crippen LogP contribution in [0.1, 0.15) is 0 Å². The van der Waals surface area contributed by atoms with E-state index in [0.29, 0.717) is 0 Å². The standard InChI is InChI=1S/C28H26O2S5/c1-3-33(27-21-13-7-14-22-27,31-25-17-9-5-10-18-25)35(29,30)34(4-2,28-23-15-8-16-24-28)32-26-19-11-6-12-20-26/h3-24H,1-2H2. The molecular formula is C28H26O2S5. The van der Waals surface area contributed by atoms with Crippen molar-refractivity contribution in [3.05, 3.63) is 145 Å². The van der Waals surface area contributed by atoms with Crippen LogP contribution in [0.2, 0.25) is 0 Å². The van der Waals surface area contributed by atoms with Gasteiger partial charge >= 0.3 is 0 Å². The molecule has 0 heterocycles. The SMILES string of the molecule is C=CS(Sc1ccccc1)(c1ccccc1)S(=O)(=O)S(C=C)(Sc1ccccc1)c1ccccc1. The largest absolute Gasteiger partial charge is 0.251 e. The number of hydrogen-bond donors (Lipinski definition) is 0. The van der Waals surface area contributed by atoms with E-state index < -0.39 is 24.1 Å². The van der Waals surface area contributed by atoms with E-state index in [9.17, 15) is 0 Å². The van der Waals surface area contributed by atoms with Crippen LogP contribution < -0.4 is 0 Å². The fourth-order valence-electron chi connectivity index (χ4n) is 3.45. The van der Waals surface area contributed by atoms with E-state index in [1.165, 1.54) is 21.6 Å². The van der Waals surface area contributed by atoms with Crippen molar-refractivity contribution >= 4 is 45.7 Å². The summed E-state index contributed by atoms with van der Waals surface area (Å²) in [5, 5.41) is 3.32. The van der Waals surface area contributed by atoms with Gasteiger partial charge < -0.3 is 0 Å². The molecule has 0 saturated heterocycles. The van der Waals surface area contributed by atoms with Crippen LogP contribution in [-0.2, 0) is 7.90 Å². The molecule has 35 heavy (non-hydrogen) atoms. The molecule has 2 atom stereocenters. The molecule has 0 aliphatic carbocycles. The van der Waals surface area contributed by atoms with E-state index in [1.807, 2.05) is 121 Å². The van der Waals surface area contributed by atoms with Gasteiger partial charge in [-0.3, -0.25) is 0 Å². The van der Waals surface area contributed by atoms with Gasteiger partial charge in [-0.15, -0.1) is 0 Å². The molecule has 4 rings (SSSR count). The lowest BCUT2D eigenvalue weighted by Crippen LogP contribution is -2.15. The number of hydrogen-bond acceptors (Lipinski definition) is 4. The summed E-state index contributed by atoms with van der Waals surface area (Å²) in [5.74, 6) is 0. The number of benzene rings is 4. The Labute approximate surface area is 217 Å². The van der Waals surface area contributed by atoms with Gasteiger partial charge in [0.25, 0.3) is 7.90 Å². The maximum Gasteiger partial charge on any atom is 0.251 e. The minimum atomic E-state index is -3.93. The van der Waals surface area contributed by atoms with Gasteiger partial charge in [0.1, 0.15) is 0 Å². The maximum absolute atomic E-state index is 15.2. The monoisotopic (exact) mass is 554 g/mol. The number of rotatable bonds is 10. The summed E-state index contributed by atoms with van der Waals surface area (Å²) in [5.41, 5.74) is 0. The average molecular weight is 555 g/mol. The highest BCUT2D eigenvalue weighted by atomic mass is 33.9. The van der Waals surface area contributed by atoms with Gasteiger partial charge in [0.15, 0.2) is 0 Å². The van der Waals surface area contributed by atoms with Crippen LogP contribution in [-0.4, -0.2) is 8.42 Å². The van der Waals surface area contributed by atoms with Crippen LogP contribution in [0.4, 0.5) is 0 Å². The lowest BCUT2D eigenvalue weighted by Gasteiger charge is -2.45. The van der Waals surface area contributed by atoms with Crippen molar-refractivity contribution in [2.24, 2.45) is 0 Å². The Balaban J connectivity index is 2.03. The maximum atomic E-state index is 15.2. The van der Waals surface area contributed by atoms with Crippen molar-refractivity contribution in [2.75, 3.05) is 0 Å². The Morgan fingerprint density at radius 1 is 0.486 bits per heavy atom. The predicted molar refractivity (Wildman–Crippen MR) is 159 cm³/mol. The minimum absolute atomic E-state index is 0.743. The van der Waals surface area contributed by atoms with Crippen molar-refractivity contribution in [1.82, 2.24) is 0 Å². The normalized spacial score (nSPS) is 16.7. The van der Waals surface area contributed by atoms with Crippen LogP contribution in [0.25, 0.3) is 0 Å². The summed E-state index contributed by atoms with van der Waals surface area (Å²) in [6.45, 7) is 8.25. The minimum Gasteiger partial charge on any atom is -0.206 e. The van der Waals surface area contributed by atoms with Gasteiger partial charge in [-0.05, 0) is 75.5 Å². The molecule has 2 nitrogen and oxygen atoms in total. The summed E-state index contributed by atoms with van der Waals surface area (Å²) < 4.78 is 30.5. The summed E-state index contributed by atoms with van der Waals surface area (Å²) >= 11 is 0. The zero-order valence-electron chi connectivity index (χ0n) is 19.0. The van der Waals surface area contributed by atoms with E-state index in [-0.39, 0.29) is 0 Å². The van der Waals surface area contributed by atoms with E-state index >= 15 is 8.42 Å². The van der Waals surface area contributed by atoms with Crippen LogP contribution in [0.5, 0.6) is 0 Å². The van der Waals surface area contributed by atoms with Gasteiger partial charge in [-0.1, -0.05) is 108 Å². The zero-order chi connectivity index (χ0) is 24.8. The van der Waals surface area contributed by atoms with Gasteiger partial charge in [0, 0.05) is 19.6 Å². The molecule has 0 aliphatic rings. The molecule has 180 valence electrons. The summed E-state index contributed by atoms with van der Waals surface area (Å²) in [6, 6.07) is 38.3. The van der Waals surface area contributed by atoms with Gasteiger partial charge in [-0.25, -0.2) is 8.42 Å². The second-order valence-electron chi connectivity index (χ2n) is 7.25. The third kappa shape index (κ3) is 4.88. The molecule has 0 spiro atoms. The first-order valence-corrected chi connectivity index (χ1v) is 19.3. The molecule has 4 aromatic rings. The van der Waals surface area contributed by atoms with Crippen molar-refractivity contribution in [3.63, 3.8) is 0 Å². The van der Waals surface area contributed by atoms with Crippen LogP contribution in [0.3, 0.4) is 0 Å². The van der Waals surface area contributed by atoms with Crippen LogP contribution in [0.15, 0.2) is 165 Å². The first-order chi connectivity index (χ1) is 17.0. The van der Waals surface area contributed by atoms with Crippen molar-refractivity contribution in [1.29, 1.82) is 0 Å². The third-order valence-electron chi connectivity index (χ3n) is 5.12. The molecule has 0 radical (unpaired) electrons. The Morgan fingerprint density at radius 3 is 1.06 bits per heavy atom. The third-order valence-corrected chi connectivity index (χ3v) is 30.6. The fourth-order valence-corrected chi connectivity index (χ4v) is 31.3. The first kappa shape index (κ1) is 25.8. The van der Waals surface area contributed by atoms with Crippen molar-refractivity contribution in [3.8, 4) is 0 Å². The molecule has 7 heteroatoms. The highest BCUT2D eigenvalue weighted by molar-refractivity contribution is 9.49. The molecule has 0 saturated carbocycles. The smallest absolute Gasteiger partial charge is 0.206 e. The second kappa shape index (κ2) is 11.2. The molecule has 0 bridgehead atoms. The molecule has 0 aromatic heterocycles. The van der Waals surface area contributed by atoms with Crippen molar-refractivity contribution in [2.45, 2.75) is 19.6 Å². The van der Waals surface area contributed by atoms with E-state index in [2.05, 4.69) is 13.2 Å². The average Bonchev–Trinajstić information content (AvgIpc) is 2.92. The van der Waals surface area contributed by atoms with E-state index in [1.54, 1.807) is 10.8 Å². The Bertz CT molecular complexity index is 1280. The van der Waals surface area contributed by atoms with Gasteiger partial charge in [0.2, 0.25) is 0 Å². The van der Waals surface area contributed by atoms with Crippen LogP contribution >= 0.6 is 37.8 Å².